The average molecular weight is 371 g/mol. The maximum atomic E-state index is 5.43. The third-order valence-corrected chi connectivity index (χ3v) is 4.53. The van der Waals surface area contributed by atoms with E-state index in [1.54, 1.807) is 14.2 Å². The lowest BCUT2D eigenvalue weighted by atomic mass is 10.1. The van der Waals surface area contributed by atoms with Crippen LogP contribution in [0.5, 0.6) is 11.5 Å². The molecule has 0 bridgehead atoms. The molecule has 0 radical (unpaired) electrons. The van der Waals surface area contributed by atoms with E-state index in [9.17, 15) is 0 Å². The number of ether oxygens (including phenoxy) is 2. The molecule has 0 unspecified atom stereocenters. The van der Waals surface area contributed by atoms with Crippen molar-refractivity contribution in [2.75, 3.05) is 19.5 Å². The largest absolute Gasteiger partial charge is 0.493 e. The van der Waals surface area contributed by atoms with Gasteiger partial charge >= 0.3 is 0 Å². The van der Waals surface area contributed by atoms with Crippen LogP contribution in [0.15, 0.2) is 66.7 Å². The van der Waals surface area contributed by atoms with E-state index in [4.69, 9.17) is 19.4 Å². The first-order chi connectivity index (χ1) is 13.7. The number of methoxy groups -OCH3 is 2. The number of nitrogens with zero attached hydrogens (tertiary/aromatic N) is 2. The van der Waals surface area contributed by atoms with Gasteiger partial charge in [-0.1, -0.05) is 24.3 Å². The molecule has 0 saturated heterocycles. The van der Waals surface area contributed by atoms with Crippen molar-refractivity contribution in [3.63, 3.8) is 0 Å². The van der Waals surface area contributed by atoms with Gasteiger partial charge in [0.1, 0.15) is 5.82 Å². The van der Waals surface area contributed by atoms with E-state index < -0.39 is 0 Å². The van der Waals surface area contributed by atoms with Gasteiger partial charge in [-0.05, 0) is 55.0 Å². The van der Waals surface area contributed by atoms with Crippen molar-refractivity contribution in [2.45, 2.75) is 6.92 Å². The summed E-state index contributed by atoms with van der Waals surface area (Å²) in [5, 5.41) is 4.41. The Morgan fingerprint density at radius 1 is 0.786 bits per heavy atom. The van der Waals surface area contributed by atoms with Crippen molar-refractivity contribution < 1.29 is 9.47 Å². The Morgan fingerprint density at radius 3 is 2.39 bits per heavy atom. The predicted molar refractivity (Wildman–Crippen MR) is 113 cm³/mol. The minimum Gasteiger partial charge on any atom is -0.493 e. The zero-order valence-corrected chi connectivity index (χ0v) is 16.1. The summed E-state index contributed by atoms with van der Waals surface area (Å²) in [5.74, 6) is 2.70. The highest BCUT2D eigenvalue weighted by atomic mass is 16.5. The van der Waals surface area contributed by atoms with Gasteiger partial charge in [0.2, 0.25) is 0 Å². The lowest BCUT2D eigenvalue weighted by Gasteiger charge is -2.13. The van der Waals surface area contributed by atoms with Gasteiger partial charge in [0.15, 0.2) is 17.3 Å². The van der Waals surface area contributed by atoms with E-state index in [0.717, 1.165) is 28.0 Å². The highest BCUT2D eigenvalue weighted by Gasteiger charge is 2.12. The Morgan fingerprint density at radius 2 is 1.61 bits per heavy atom. The number of hydrogen-bond donors (Lipinski definition) is 1. The zero-order chi connectivity index (χ0) is 19.5. The molecule has 4 rings (SSSR count). The molecule has 1 aromatic heterocycles. The molecule has 0 saturated carbocycles. The van der Waals surface area contributed by atoms with Gasteiger partial charge in [-0.2, -0.15) is 0 Å². The smallest absolute Gasteiger partial charge is 0.162 e. The number of aryl methyl sites for hydroxylation is 1. The number of nitrogens with one attached hydrogen (secondary N) is 1. The summed E-state index contributed by atoms with van der Waals surface area (Å²) in [6, 6.07) is 21.9. The van der Waals surface area contributed by atoms with Crippen LogP contribution in [-0.4, -0.2) is 24.2 Å². The predicted octanol–water partition coefficient (Wildman–Crippen LogP) is 5.37. The van der Waals surface area contributed by atoms with Gasteiger partial charge in [-0.3, -0.25) is 0 Å². The van der Waals surface area contributed by atoms with Crippen LogP contribution in [0, 0.1) is 6.92 Å². The summed E-state index contributed by atoms with van der Waals surface area (Å²) < 4.78 is 10.8. The van der Waals surface area contributed by atoms with Crippen LogP contribution in [-0.2, 0) is 0 Å². The first kappa shape index (κ1) is 17.8. The van der Waals surface area contributed by atoms with Gasteiger partial charge in [0.25, 0.3) is 0 Å². The van der Waals surface area contributed by atoms with Gasteiger partial charge in [0, 0.05) is 16.6 Å². The Labute approximate surface area is 164 Å². The molecule has 3 aromatic carbocycles. The summed E-state index contributed by atoms with van der Waals surface area (Å²) >= 11 is 0. The summed E-state index contributed by atoms with van der Waals surface area (Å²) in [5.41, 5.74) is 3.90. The second-order valence-electron chi connectivity index (χ2n) is 6.48. The van der Waals surface area contributed by atoms with Gasteiger partial charge < -0.3 is 14.8 Å². The summed E-state index contributed by atoms with van der Waals surface area (Å²) in [6.45, 7) is 2.07. The normalized spacial score (nSPS) is 10.7. The fraction of sp³-hybridized carbons (Fsp3) is 0.130. The Hall–Kier alpha value is -3.60. The van der Waals surface area contributed by atoms with Crippen molar-refractivity contribution in [1.82, 2.24) is 9.97 Å². The van der Waals surface area contributed by atoms with Crippen LogP contribution in [0.2, 0.25) is 0 Å². The second kappa shape index (κ2) is 7.56. The molecule has 1 N–H and O–H groups in total. The van der Waals surface area contributed by atoms with Crippen LogP contribution in [0.4, 0.5) is 11.5 Å². The number of rotatable bonds is 5. The fourth-order valence-corrected chi connectivity index (χ4v) is 3.14. The topological polar surface area (TPSA) is 56.3 Å². The van der Waals surface area contributed by atoms with Crippen LogP contribution in [0.25, 0.3) is 22.3 Å². The number of benzene rings is 3. The highest BCUT2D eigenvalue weighted by Crippen LogP contribution is 2.33. The number of anilines is 2. The number of fused-ring (bicyclic) bond motifs is 1. The van der Waals surface area contributed by atoms with E-state index in [2.05, 4.69) is 24.4 Å². The molecule has 5 nitrogen and oxygen atoms in total. The van der Waals surface area contributed by atoms with E-state index in [-0.39, 0.29) is 0 Å². The molecule has 4 aromatic rings. The van der Waals surface area contributed by atoms with Crippen molar-refractivity contribution in [3.05, 3.63) is 72.3 Å². The number of hydrogen-bond acceptors (Lipinski definition) is 5. The minimum absolute atomic E-state index is 0.620. The summed E-state index contributed by atoms with van der Waals surface area (Å²) in [6.07, 6.45) is 0. The first-order valence-corrected chi connectivity index (χ1v) is 9.01. The van der Waals surface area contributed by atoms with Crippen LogP contribution >= 0.6 is 0 Å². The first-order valence-electron chi connectivity index (χ1n) is 9.01. The Balaban J connectivity index is 1.84. The monoisotopic (exact) mass is 371 g/mol. The summed E-state index contributed by atoms with van der Waals surface area (Å²) in [7, 11) is 3.24. The molecule has 5 heteroatoms. The maximum absolute atomic E-state index is 5.43. The molecule has 140 valence electrons. The highest BCUT2D eigenvalue weighted by molar-refractivity contribution is 5.92. The average Bonchev–Trinajstić information content (AvgIpc) is 2.73. The minimum atomic E-state index is 0.620. The maximum Gasteiger partial charge on any atom is 0.162 e. The van der Waals surface area contributed by atoms with E-state index >= 15 is 0 Å². The van der Waals surface area contributed by atoms with Crippen molar-refractivity contribution >= 4 is 22.4 Å². The van der Waals surface area contributed by atoms with Crippen LogP contribution in [0.1, 0.15) is 5.56 Å². The molecule has 0 fully saturated rings. The van der Waals surface area contributed by atoms with Gasteiger partial charge in [-0.25, -0.2) is 9.97 Å². The summed E-state index contributed by atoms with van der Waals surface area (Å²) in [4.78, 5) is 9.56. The Bertz CT molecular complexity index is 1140. The van der Waals surface area contributed by atoms with Crippen molar-refractivity contribution in [3.8, 4) is 22.9 Å². The number of aromatic nitrogens is 2. The standard InChI is InChI=1S/C23H21N3O2/c1-15-7-6-8-17(13-15)24-23-18-9-4-5-10-19(18)25-22(26-23)16-11-12-20(27-2)21(14-16)28-3/h4-14H,1-3H3,(H,24,25,26). The van der Waals surface area contributed by atoms with Crippen LogP contribution < -0.4 is 14.8 Å². The molecule has 0 aliphatic heterocycles. The van der Waals surface area contributed by atoms with Gasteiger partial charge in [0.05, 0.1) is 19.7 Å². The van der Waals surface area contributed by atoms with Crippen LogP contribution in [0.3, 0.4) is 0 Å². The molecular formula is C23H21N3O2. The fourth-order valence-electron chi connectivity index (χ4n) is 3.14. The zero-order valence-electron chi connectivity index (χ0n) is 16.1. The van der Waals surface area contributed by atoms with Crippen molar-refractivity contribution in [1.29, 1.82) is 0 Å². The van der Waals surface area contributed by atoms with E-state index in [0.29, 0.717) is 17.3 Å². The van der Waals surface area contributed by atoms with E-state index in [1.165, 1.54) is 5.56 Å². The molecule has 0 spiro atoms. The molecule has 1 heterocycles. The number of para-hydroxylation sites is 1. The molecular weight excluding hydrogens is 350 g/mol. The van der Waals surface area contributed by atoms with Crippen molar-refractivity contribution in [2.24, 2.45) is 0 Å². The molecule has 28 heavy (non-hydrogen) atoms. The molecule has 0 aliphatic rings. The second-order valence-corrected chi connectivity index (χ2v) is 6.48. The Kier molecular flexibility index (Phi) is 4.81. The quantitative estimate of drug-likeness (QED) is 0.511. The third kappa shape index (κ3) is 3.47. The molecule has 0 amide bonds. The van der Waals surface area contributed by atoms with Gasteiger partial charge in [-0.15, -0.1) is 0 Å². The molecule has 0 atom stereocenters. The lowest BCUT2D eigenvalue weighted by Crippen LogP contribution is -2.00. The molecule has 0 aliphatic carbocycles. The lowest BCUT2D eigenvalue weighted by molar-refractivity contribution is 0.355. The third-order valence-electron chi connectivity index (χ3n) is 4.53. The SMILES string of the molecule is COc1ccc(-c2nc(Nc3cccc(C)c3)c3ccccc3n2)cc1OC. The van der Waals surface area contributed by atoms with E-state index in [1.807, 2.05) is 54.6 Å².